The van der Waals surface area contributed by atoms with E-state index >= 15 is 0 Å². The number of hydrogen-bond acceptors (Lipinski definition) is 8. The molecule has 12 heteroatoms. The van der Waals surface area contributed by atoms with Gasteiger partial charge in [0.05, 0.1) is 17.8 Å². The van der Waals surface area contributed by atoms with Gasteiger partial charge in [-0.25, -0.2) is 9.78 Å². The molecule has 5 rings (SSSR count). The minimum atomic E-state index is -0.997. The first kappa shape index (κ1) is 37.6. The molecule has 51 heavy (non-hydrogen) atoms. The van der Waals surface area contributed by atoms with E-state index in [4.69, 9.17) is 4.74 Å². The van der Waals surface area contributed by atoms with E-state index in [0.717, 1.165) is 50.5 Å². The fraction of sp³-hybridized carbons (Fsp3) is 0.564. The number of fused-ring (bicyclic) bond motifs is 1. The van der Waals surface area contributed by atoms with Gasteiger partial charge in [0.1, 0.15) is 30.4 Å². The molecule has 3 N–H and O–H groups in total. The number of rotatable bonds is 13. The molecule has 2 heterocycles. The van der Waals surface area contributed by atoms with Crippen molar-refractivity contribution in [3.8, 4) is 0 Å². The van der Waals surface area contributed by atoms with Crippen molar-refractivity contribution >= 4 is 29.6 Å². The van der Waals surface area contributed by atoms with Crippen molar-refractivity contribution in [3.63, 3.8) is 0 Å². The Labute approximate surface area is 300 Å². The number of carbonyl (C=O) groups excluding carboxylic acids is 5. The number of amides is 4. The highest BCUT2D eigenvalue weighted by Gasteiger charge is 2.52. The number of nitrogens with zero attached hydrogens (tertiary/aromatic N) is 3. The van der Waals surface area contributed by atoms with Gasteiger partial charge in [-0.3, -0.25) is 24.2 Å². The summed E-state index contributed by atoms with van der Waals surface area (Å²) in [4.78, 5) is 78.5. The Kier molecular flexibility index (Phi) is 12.6. The molecule has 0 bridgehead atoms. The lowest BCUT2D eigenvalue weighted by Crippen LogP contribution is -2.61. The quantitative estimate of drug-likeness (QED) is 0.205. The number of carbonyl (C=O) groups is 5. The molecule has 2 aromatic rings. The van der Waals surface area contributed by atoms with Gasteiger partial charge in [-0.15, -0.1) is 0 Å². The van der Waals surface area contributed by atoms with Crippen LogP contribution in [0.15, 0.2) is 60.6 Å². The minimum Gasteiger partial charge on any atom is -0.460 e. The molecule has 6 atom stereocenters. The third-order valence-corrected chi connectivity index (χ3v) is 10.3. The fourth-order valence-corrected chi connectivity index (χ4v) is 7.65. The first-order valence-electron chi connectivity index (χ1n) is 18.4. The third kappa shape index (κ3) is 9.39. The molecule has 274 valence electrons. The average Bonchev–Trinajstić information content (AvgIpc) is 3.74. The molecular weight excluding hydrogens is 648 g/mol. The predicted molar refractivity (Wildman–Crippen MR) is 191 cm³/mol. The van der Waals surface area contributed by atoms with Crippen LogP contribution in [0.3, 0.4) is 0 Å². The van der Waals surface area contributed by atoms with Crippen LogP contribution >= 0.6 is 0 Å². The summed E-state index contributed by atoms with van der Waals surface area (Å²) in [5, 5.41) is 8.97. The Morgan fingerprint density at radius 3 is 2.43 bits per heavy atom. The maximum absolute atomic E-state index is 14.6. The van der Waals surface area contributed by atoms with Crippen LogP contribution in [0.2, 0.25) is 0 Å². The Morgan fingerprint density at radius 1 is 0.980 bits per heavy atom. The highest BCUT2D eigenvalue weighted by Crippen LogP contribution is 2.43. The molecule has 2 fully saturated rings. The van der Waals surface area contributed by atoms with E-state index in [1.165, 1.54) is 18.6 Å². The van der Waals surface area contributed by atoms with Crippen LogP contribution in [0.25, 0.3) is 0 Å². The summed E-state index contributed by atoms with van der Waals surface area (Å²) in [5.74, 6) is -1.92. The van der Waals surface area contributed by atoms with Crippen molar-refractivity contribution in [2.24, 2.45) is 17.3 Å². The van der Waals surface area contributed by atoms with Crippen molar-refractivity contribution in [3.05, 3.63) is 71.8 Å². The Balaban J connectivity index is 1.34. The van der Waals surface area contributed by atoms with Crippen molar-refractivity contribution in [1.29, 1.82) is 0 Å². The Bertz CT molecular complexity index is 1580. The van der Waals surface area contributed by atoms with E-state index < -0.39 is 47.4 Å². The largest absolute Gasteiger partial charge is 0.460 e. The highest BCUT2D eigenvalue weighted by atomic mass is 16.5. The van der Waals surface area contributed by atoms with Crippen LogP contribution in [0.1, 0.15) is 106 Å². The van der Waals surface area contributed by atoms with Gasteiger partial charge in [0.25, 0.3) is 5.91 Å². The second-order valence-electron chi connectivity index (χ2n) is 15.1. The normalized spacial score (nSPS) is 21.8. The second-order valence-corrected chi connectivity index (χ2v) is 15.1. The summed E-state index contributed by atoms with van der Waals surface area (Å²) >= 11 is 0. The molecule has 0 unspecified atom stereocenters. The zero-order chi connectivity index (χ0) is 36.5. The van der Waals surface area contributed by atoms with Crippen molar-refractivity contribution in [1.82, 2.24) is 30.8 Å². The van der Waals surface area contributed by atoms with E-state index in [9.17, 15) is 24.0 Å². The lowest BCUT2D eigenvalue weighted by atomic mass is 9.84. The van der Waals surface area contributed by atoms with E-state index in [2.05, 4.69) is 25.9 Å². The summed E-state index contributed by atoms with van der Waals surface area (Å²) in [5.41, 5.74) is 0.594. The number of hydrogen-bond donors (Lipinski definition) is 3. The maximum atomic E-state index is 14.6. The van der Waals surface area contributed by atoms with Crippen LogP contribution in [0.5, 0.6) is 0 Å². The van der Waals surface area contributed by atoms with Gasteiger partial charge < -0.3 is 25.6 Å². The number of esters is 1. The fourth-order valence-electron chi connectivity index (χ4n) is 7.65. The van der Waals surface area contributed by atoms with Gasteiger partial charge in [-0.2, -0.15) is 0 Å². The van der Waals surface area contributed by atoms with Gasteiger partial charge >= 0.3 is 5.97 Å². The van der Waals surface area contributed by atoms with Crippen molar-refractivity contribution in [2.75, 3.05) is 13.2 Å². The van der Waals surface area contributed by atoms with E-state index in [1.54, 1.807) is 29.2 Å². The predicted octanol–water partition coefficient (Wildman–Crippen LogP) is 4.38. The molecule has 1 saturated carbocycles. The molecule has 12 nitrogen and oxygen atoms in total. The standard InChI is InChI=1S/C39H52N6O6/c1-5-13-28(24-51-38(50)26-16-10-7-11-17-26)42-36(48)32-29-19-12-18-27(29)23-45(32)37(49)33(39(2,3)4)44-35(47)31(25-14-8-6-9-15-25)43-34(46)30-22-40-20-21-41-30/h7,10-11,14,16-17,20-22,27-29,31-33H,5-6,8-9,12-13,15,18-19,23-24H2,1-4H3,(H,42,48)(H,43,46)(H,44,47)/t27-,28-,29-,31-,32-,33+/m0/s1. The number of allylic oxidation sites excluding steroid dienone is 1. The SMILES string of the molecule is CCC[C@@H](COC(=O)c1ccccc1)NC(=O)[C@@H]1[C@H]2CCC[C@H]2CN1C(=O)[C@@H](NC(=O)[C@@H](NC(=O)c1cnccn1)C1=CCCCC1)C(C)(C)C. The summed E-state index contributed by atoms with van der Waals surface area (Å²) < 4.78 is 5.60. The van der Waals surface area contributed by atoms with Crippen LogP contribution in [-0.2, 0) is 19.1 Å². The monoisotopic (exact) mass is 700 g/mol. The summed E-state index contributed by atoms with van der Waals surface area (Å²) in [6.07, 6.45) is 13.6. The Morgan fingerprint density at radius 2 is 1.76 bits per heavy atom. The van der Waals surface area contributed by atoms with E-state index in [-0.39, 0.29) is 36.0 Å². The summed E-state index contributed by atoms with van der Waals surface area (Å²) in [6, 6.07) is 5.61. The van der Waals surface area contributed by atoms with Crippen molar-refractivity contribution in [2.45, 2.75) is 110 Å². The molecule has 3 aliphatic rings. The van der Waals surface area contributed by atoms with Gasteiger partial charge in [0, 0.05) is 18.9 Å². The third-order valence-electron chi connectivity index (χ3n) is 10.3. The van der Waals surface area contributed by atoms with Crippen LogP contribution < -0.4 is 16.0 Å². The average molecular weight is 701 g/mol. The molecule has 1 aliphatic heterocycles. The van der Waals surface area contributed by atoms with Crippen molar-refractivity contribution < 1.29 is 28.7 Å². The minimum absolute atomic E-state index is 0.00849. The highest BCUT2D eigenvalue weighted by molar-refractivity contribution is 5.99. The number of ether oxygens (including phenoxy) is 1. The molecule has 2 aliphatic carbocycles. The topological polar surface area (TPSA) is 160 Å². The van der Waals surface area contributed by atoms with Crippen LogP contribution in [-0.4, -0.2) is 81.8 Å². The lowest BCUT2D eigenvalue weighted by molar-refractivity contribution is -0.145. The molecule has 1 aromatic heterocycles. The number of aromatic nitrogens is 2. The van der Waals surface area contributed by atoms with Gasteiger partial charge in [-0.05, 0) is 79.9 Å². The zero-order valence-electron chi connectivity index (χ0n) is 30.2. The first-order chi connectivity index (χ1) is 24.5. The van der Waals surface area contributed by atoms with Crippen LogP contribution in [0, 0.1) is 17.3 Å². The second kappa shape index (κ2) is 17.1. The molecule has 1 saturated heterocycles. The number of benzene rings is 1. The first-order valence-corrected chi connectivity index (χ1v) is 18.4. The van der Waals surface area contributed by atoms with Gasteiger partial charge in [-0.1, -0.05) is 64.8 Å². The summed E-state index contributed by atoms with van der Waals surface area (Å²) in [6.45, 7) is 8.08. The lowest BCUT2D eigenvalue weighted by Gasteiger charge is -2.37. The van der Waals surface area contributed by atoms with E-state index in [1.807, 2.05) is 39.8 Å². The van der Waals surface area contributed by atoms with Gasteiger partial charge in [0.15, 0.2) is 0 Å². The smallest absolute Gasteiger partial charge is 0.338 e. The van der Waals surface area contributed by atoms with Gasteiger partial charge in [0.2, 0.25) is 17.7 Å². The number of likely N-dealkylation sites (tertiary alicyclic amines) is 1. The molecule has 4 amide bonds. The molecule has 0 radical (unpaired) electrons. The Hall–Kier alpha value is -4.61. The maximum Gasteiger partial charge on any atom is 0.338 e. The zero-order valence-corrected chi connectivity index (χ0v) is 30.2. The number of nitrogens with one attached hydrogen (secondary N) is 3. The van der Waals surface area contributed by atoms with Crippen LogP contribution in [0.4, 0.5) is 0 Å². The molecular formula is C39H52N6O6. The van der Waals surface area contributed by atoms with E-state index in [0.29, 0.717) is 24.9 Å². The summed E-state index contributed by atoms with van der Waals surface area (Å²) in [7, 11) is 0. The molecule has 1 aromatic carbocycles. The molecule has 0 spiro atoms.